The number of benzene rings is 1. The standard InChI is InChI=1S/C20H28N4S.HI/c1-15-5-4-6-17(11-15)13-23-20(21-3)22-12-16(2)24-9-7-19-18(14-24)8-10-25-19;/h4-6,8,10-11,16H,7,9,12-14H2,1-3H3,(H2,21,22,23);1H. The van der Waals surface area contributed by atoms with Crippen LogP contribution in [0.2, 0.25) is 0 Å². The van der Waals surface area contributed by atoms with Crippen LogP contribution in [0.4, 0.5) is 0 Å². The summed E-state index contributed by atoms with van der Waals surface area (Å²) in [7, 11) is 1.83. The number of aliphatic imine (C=N–C) groups is 1. The van der Waals surface area contributed by atoms with Crippen LogP contribution in [0.15, 0.2) is 40.7 Å². The smallest absolute Gasteiger partial charge is 0.191 e. The van der Waals surface area contributed by atoms with E-state index < -0.39 is 0 Å². The minimum atomic E-state index is 0. The number of rotatable bonds is 5. The molecule has 1 aromatic heterocycles. The Morgan fingerprint density at radius 2 is 2.15 bits per heavy atom. The van der Waals surface area contributed by atoms with Crippen LogP contribution >= 0.6 is 35.3 Å². The van der Waals surface area contributed by atoms with Gasteiger partial charge in [0.25, 0.3) is 0 Å². The number of halogens is 1. The molecule has 0 amide bonds. The maximum absolute atomic E-state index is 4.35. The lowest BCUT2D eigenvalue weighted by atomic mass is 10.1. The monoisotopic (exact) mass is 484 g/mol. The zero-order valence-corrected chi connectivity index (χ0v) is 18.9. The Bertz CT molecular complexity index is 728. The lowest BCUT2D eigenvalue weighted by Crippen LogP contribution is -2.47. The number of guanidine groups is 1. The molecule has 0 bridgehead atoms. The molecule has 0 saturated heterocycles. The van der Waals surface area contributed by atoms with E-state index in [-0.39, 0.29) is 24.0 Å². The predicted octanol–water partition coefficient (Wildman–Crippen LogP) is 3.79. The highest BCUT2D eigenvalue weighted by Crippen LogP contribution is 2.24. The van der Waals surface area contributed by atoms with Gasteiger partial charge in [0, 0.05) is 44.1 Å². The van der Waals surface area contributed by atoms with Gasteiger partial charge in [-0.05, 0) is 42.8 Å². The normalized spacial score (nSPS) is 15.7. The first-order valence-electron chi connectivity index (χ1n) is 8.95. The summed E-state index contributed by atoms with van der Waals surface area (Å²) in [4.78, 5) is 8.46. The summed E-state index contributed by atoms with van der Waals surface area (Å²) in [5, 5.41) is 9.09. The number of nitrogens with one attached hydrogen (secondary N) is 2. The first kappa shape index (κ1) is 21.2. The zero-order valence-electron chi connectivity index (χ0n) is 15.8. The third-order valence-corrected chi connectivity index (χ3v) is 5.81. The average Bonchev–Trinajstić information content (AvgIpc) is 3.09. The Labute approximate surface area is 178 Å². The van der Waals surface area contributed by atoms with Crippen LogP contribution in [0, 0.1) is 6.92 Å². The SMILES string of the molecule is CN=C(NCc1cccc(C)c1)NCC(C)N1CCc2sccc2C1.I. The topological polar surface area (TPSA) is 39.7 Å². The molecule has 142 valence electrons. The fourth-order valence-corrected chi connectivity index (χ4v) is 4.14. The molecule has 0 aliphatic carbocycles. The maximum Gasteiger partial charge on any atom is 0.191 e. The van der Waals surface area contributed by atoms with Crippen molar-refractivity contribution < 1.29 is 0 Å². The highest BCUT2D eigenvalue weighted by atomic mass is 127. The van der Waals surface area contributed by atoms with E-state index in [1.807, 2.05) is 18.4 Å². The molecule has 6 heteroatoms. The van der Waals surface area contributed by atoms with Gasteiger partial charge in [-0.1, -0.05) is 29.8 Å². The van der Waals surface area contributed by atoms with E-state index in [9.17, 15) is 0 Å². The molecule has 0 saturated carbocycles. The first-order chi connectivity index (χ1) is 12.2. The first-order valence-corrected chi connectivity index (χ1v) is 9.83. The van der Waals surface area contributed by atoms with Crippen molar-refractivity contribution in [3.63, 3.8) is 0 Å². The van der Waals surface area contributed by atoms with Gasteiger partial charge in [0.2, 0.25) is 0 Å². The molecule has 2 N–H and O–H groups in total. The molecule has 1 atom stereocenters. The van der Waals surface area contributed by atoms with Crippen molar-refractivity contribution in [1.29, 1.82) is 0 Å². The number of thiophene rings is 1. The molecule has 0 fully saturated rings. The Morgan fingerprint density at radius 1 is 1.31 bits per heavy atom. The molecule has 26 heavy (non-hydrogen) atoms. The number of aryl methyl sites for hydroxylation is 1. The van der Waals surface area contributed by atoms with Gasteiger partial charge in [0.05, 0.1) is 0 Å². The summed E-state index contributed by atoms with van der Waals surface area (Å²) < 4.78 is 0. The minimum absolute atomic E-state index is 0. The molecule has 1 aromatic carbocycles. The minimum Gasteiger partial charge on any atom is -0.355 e. The summed E-state index contributed by atoms with van der Waals surface area (Å²) in [6.07, 6.45) is 1.18. The molecular formula is C20H29IN4S. The van der Waals surface area contributed by atoms with Crippen molar-refractivity contribution in [3.05, 3.63) is 57.3 Å². The molecule has 0 radical (unpaired) electrons. The highest BCUT2D eigenvalue weighted by Gasteiger charge is 2.21. The number of hydrogen-bond donors (Lipinski definition) is 2. The lowest BCUT2D eigenvalue weighted by Gasteiger charge is -2.32. The molecular weight excluding hydrogens is 455 g/mol. The van der Waals surface area contributed by atoms with E-state index in [2.05, 4.69) is 70.1 Å². The van der Waals surface area contributed by atoms with Crippen molar-refractivity contribution >= 4 is 41.3 Å². The molecule has 3 rings (SSSR count). The van der Waals surface area contributed by atoms with Gasteiger partial charge in [-0.15, -0.1) is 35.3 Å². The molecule has 0 spiro atoms. The van der Waals surface area contributed by atoms with Crippen LogP contribution in [0.1, 0.15) is 28.5 Å². The summed E-state index contributed by atoms with van der Waals surface area (Å²) in [5.41, 5.74) is 4.07. The van der Waals surface area contributed by atoms with Gasteiger partial charge in [-0.25, -0.2) is 0 Å². The fourth-order valence-electron chi connectivity index (χ4n) is 3.25. The summed E-state index contributed by atoms with van der Waals surface area (Å²) >= 11 is 1.90. The summed E-state index contributed by atoms with van der Waals surface area (Å²) in [5.74, 6) is 0.863. The Balaban J connectivity index is 0.00000243. The van der Waals surface area contributed by atoms with Gasteiger partial charge < -0.3 is 10.6 Å². The predicted molar refractivity (Wildman–Crippen MR) is 123 cm³/mol. The van der Waals surface area contributed by atoms with Crippen molar-refractivity contribution in [2.45, 2.75) is 39.4 Å². The molecule has 4 nitrogen and oxygen atoms in total. The lowest BCUT2D eigenvalue weighted by molar-refractivity contribution is 0.192. The van der Waals surface area contributed by atoms with E-state index >= 15 is 0 Å². The Hall–Kier alpha value is -1.12. The molecule has 2 aromatic rings. The van der Waals surface area contributed by atoms with Crippen LogP contribution in [0.3, 0.4) is 0 Å². The molecule has 2 heterocycles. The second-order valence-corrected chi connectivity index (χ2v) is 7.73. The van der Waals surface area contributed by atoms with Crippen molar-refractivity contribution in [3.8, 4) is 0 Å². The third kappa shape index (κ3) is 5.69. The van der Waals surface area contributed by atoms with Gasteiger partial charge in [-0.3, -0.25) is 9.89 Å². The second kappa shape index (κ2) is 10.3. The third-order valence-electron chi connectivity index (χ3n) is 4.79. The Kier molecular flexibility index (Phi) is 8.37. The van der Waals surface area contributed by atoms with E-state index in [4.69, 9.17) is 0 Å². The van der Waals surface area contributed by atoms with Crippen LogP contribution in [0.5, 0.6) is 0 Å². The van der Waals surface area contributed by atoms with E-state index in [1.165, 1.54) is 23.1 Å². The Morgan fingerprint density at radius 3 is 2.92 bits per heavy atom. The largest absolute Gasteiger partial charge is 0.355 e. The highest BCUT2D eigenvalue weighted by molar-refractivity contribution is 14.0. The summed E-state index contributed by atoms with van der Waals surface area (Å²) in [6, 6.07) is 11.3. The number of nitrogens with zero attached hydrogens (tertiary/aromatic N) is 2. The van der Waals surface area contributed by atoms with Crippen molar-refractivity contribution in [1.82, 2.24) is 15.5 Å². The quantitative estimate of drug-likeness (QED) is 0.386. The maximum atomic E-state index is 4.35. The van der Waals surface area contributed by atoms with Gasteiger partial charge in [-0.2, -0.15) is 0 Å². The van der Waals surface area contributed by atoms with Gasteiger partial charge >= 0.3 is 0 Å². The zero-order chi connectivity index (χ0) is 17.6. The van der Waals surface area contributed by atoms with Gasteiger partial charge in [0.1, 0.15) is 0 Å². The van der Waals surface area contributed by atoms with Crippen LogP contribution in [0.25, 0.3) is 0 Å². The molecule has 1 aliphatic heterocycles. The van der Waals surface area contributed by atoms with Crippen LogP contribution in [-0.2, 0) is 19.5 Å². The number of hydrogen-bond acceptors (Lipinski definition) is 3. The van der Waals surface area contributed by atoms with Gasteiger partial charge in [0.15, 0.2) is 5.96 Å². The molecule has 1 aliphatic rings. The van der Waals surface area contributed by atoms with E-state index in [1.54, 1.807) is 4.88 Å². The van der Waals surface area contributed by atoms with Crippen LogP contribution in [-0.4, -0.2) is 37.0 Å². The molecule has 1 unspecified atom stereocenters. The van der Waals surface area contributed by atoms with E-state index in [0.29, 0.717) is 6.04 Å². The van der Waals surface area contributed by atoms with E-state index in [0.717, 1.165) is 32.1 Å². The fraction of sp³-hybridized carbons (Fsp3) is 0.450. The second-order valence-electron chi connectivity index (χ2n) is 6.73. The number of fused-ring (bicyclic) bond motifs is 1. The van der Waals surface area contributed by atoms with Crippen molar-refractivity contribution in [2.75, 3.05) is 20.1 Å². The average molecular weight is 484 g/mol. The van der Waals surface area contributed by atoms with Crippen LogP contribution < -0.4 is 10.6 Å². The van der Waals surface area contributed by atoms with Crippen molar-refractivity contribution in [2.24, 2.45) is 4.99 Å². The summed E-state index contributed by atoms with van der Waals surface area (Å²) in [6.45, 7) is 8.31.